The van der Waals surface area contributed by atoms with Crippen LogP contribution in [0.2, 0.25) is 0 Å². The van der Waals surface area contributed by atoms with Crippen LogP contribution in [0.15, 0.2) is 16.5 Å². The highest BCUT2D eigenvalue weighted by Crippen LogP contribution is 2.05. The Morgan fingerprint density at radius 2 is 2.33 bits per heavy atom. The van der Waals surface area contributed by atoms with Gasteiger partial charge in [-0.2, -0.15) is 0 Å². The normalized spacial score (nSPS) is 12.5. The van der Waals surface area contributed by atoms with Crippen LogP contribution in [0.25, 0.3) is 0 Å². The van der Waals surface area contributed by atoms with Crippen molar-refractivity contribution in [2.45, 2.75) is 39.3 Å². The van der Waals surface area contributed by atoms with Crippen LogP contribution in [0.1, 0.15) is 31.3 Å². The molecule has 0 saturated heterocycles. The van der Waals surface area contributed by atoms with E-state index in [1.54, 1.807) is 0 Å². The van der Waals surface area contributed by atoms with E-state index >= 15 is 0 Å². The highest BCUT2D eigenvalue weighted by atomic mass is 16.3. The van der Waals surface area contributed by atoms with Crippen LogP contribution in [-0.4, -0.2) is 11.9 Å². The molecule has 1 atom stereocenters. The standard InChI is InChI=1S/C11H18N2O2/c1-3-9(12)6-11(14)13-7-10-5-4-8(2)15-10/h4-5,9H,3,6-7,12H2,1-2H3,(H,13,14). The summed E-state index contributed by atoms with van der Waals surface area (Å²) < 4.78 is 5.32. The molecule has 1 unspecified atom stereocenters. The Morgan fingerprint density at radius 1 is 1.60 bits per heavy atom. The molecular weight excluding hydrogens is 192 g/mol. The van der Waals surface area contributed by atoms with Crippen molar-refractivity contribution in [1.82, 2.24) is 5.32 Å². The Hall–Kier alpha value is -1.29. The minimum Gasteiger partial charge on any atom is -0.465 e. The average Bonchev–Trinajstić information content (AvgIpc) is 2.61. The summed E-state index contributed by atoms with van der Waals surface area (Å²) in [6.45, 7) is 4.27. The molecule has 84 valence electrons. The molecule has 1 aromatic heterocycles. The molecule has 0 aliphatic rings. The van der Waals surface area contributed by atoms with Crippen LogP contribution >= 0.6 is 0 Å². The predicted octanol–water partition coefficient (Wildman–Crippen LogP) is 1.33. The van der Waals surface area contributed by atoms with E-state index in [1.807, 2.05) is 26.0 Å². The van der Waals surface area contributed by atoms with Gasteiger partial charge in [0.1, 0.15) is 11.5 Å². The Kier molecular flexibility index (Phi) is 4.37. The summed E-state index contributed by atoms with van der Waals surface area (Å²) in [4.78, 5) is 11.4. The van der Waals surface area contributed by atoms with Crippen molar-refractivity contribution in [1.29, 1.82) is 0 Å². The lowest BCUT2D eigenvalue weighted by Crippen LogP contribution is -2.30. The number of rotatable bonds is 5. The fourth-order valence-corrected chi connectivity index (χ4v) is 1.22. The molecular formula is C11H18N2O2. The fourth-order valence-electron chi connectivity index (χ4n) is 1.22. The molecule has 0 aromatic carbocycles. The summed E-state index contributed by atoms with van der Waals surface area (Å²) in [5.74, 6) is 1.59. The minimum absolute atomic E-state index is 0.0293. The second kappa shape index (κ2) is 5.56. The highest BCUT2D eigenvalue weighted by Gasteiger charge is 2.07. The SMILES string of the molecule is CCC(N)CC(=O)NCc1ccc(C)o1. The summed E-state index contributed by atoms with van der Waals surface area (Å²) in [5, 5.41) is 2.76. The van der Waals surface area contributed by atoms with E-state index in [2.05, 4.69) is 5.32 Å². The fraction of sp³-hybridized carbons (Fsp3) is 0.545. The van der Waals surface area contributed by atoms with Crippen LogP contribution in [0.3, 0.4) is 0 Å². The lowest BCUT2D eigenvalue weighted by molar-refractivity contribution is -0.121. The summed E-state index contributed by atoms with van der Waals surface area (Å²) >= 11 is 0. The van der Waals surface area contributed by atoms with Crippen LogP contribution in [0, 0.1) is 6.92 Å². The lowest BCUT2D eigenvalue weighted by atomic mass is 10.1. The van der Waals surface area contributed by atoms with Crippen LogP contribution in [-0.2, 0) is 11.3 Å². The van der Waals surface area contributed by atoms with E-state index < -0.39 is 0 Å². The molecule has 0 aliphatic carbocycles. The Morgan fingerprint density at radius 3 is 2.87 bits per heavy atom. The number of aryl methyl sites for hydroxylation is 1. The highest BCUT2D eigenvalue weighted by molar-refractivity contribution is 5.76. The van der Waals surface area contributed by atoms with Crippen molar-refractivity contribution in [2.24, 2.45) is 5.73 Å². The number of furan rings is 1. The first-order valence-electron chi connectivity index (χ1n) is 5.19. The van der Waals surface area contributed by atoms with Gasteiger partial charge in [0.05, 0.1) is 6.54 Å². The van der Waals surface area contributed by atoms with Crippen molar-refractivity contribution in [2.75, 3.05) is 0 Å². The minimum atomic E-state index is -0.0525. The van der Waals surface area contributed by atoms with Gasteiger partial charge in [-0.15, -0.1) is 0 Å². The van der Waals surface area contributed by atoms with Crippen LogP contribution in [0.4, 0.5) is 0 Å². The van der Waals surface area contributed by atoms with Crippen molar-refractivity contribution in [3.63, 3.8) is 0 Å². The summed E-state index contributed by atoms with van der Waals surface area (Å²) in [6.07, 6.45) is 1.18. The molecule has 0 aliphatic heterocycles. The first-order chi connectivity index (χ1) is 7.11. The molecule has 0 spiro atoms. The van der Waals surface area contributed by atoms with E-state index in [0.717, 1.165) is 17.9 Å². The number of hydrogen-bond acceptors (Lipinski definition) is 3. The summed E-state index contributed by atoms with van der Waals surface area (Å²) in [7, 11) is 0. The Bertz CT molecular complexity index is 320. The molecule has 1 rings (SSSR count). The maximum absolute atomic E-state index is 11.4. The molecule has 0 radical (unpaired) electrons. The van der Waals surface area contributed by atoms with Crippen LogP contribution < -0.4 is 11.1 Å². The zero-order valence-corrected chi connectivity index (χ0v) is 9.25. The Labute approximate surface area is 89.8 Å². The molecule has 0 fully saturated rings. The van der Waals surface area contributed by atoms with E-state index in [1.165, 1.54) is 0 Å². The zero-order valence-electron chi connectivity index (χ0n) is 9.25. The molecule has 4 nitrogen and oxygen atoms in total. The second-order valence-corrected chi connectivity index (χ2v) is 3.66. The summed E-state index contributed by atoms with van der Waals surface area (Å²) in [6, 6.07) is 3.68. The molecule has 1 amide bonds. The zero-order chi connectivity index (χ0) is 11.3. The van der Waals surface area contributed by atoms with Crippen molar-refractivity contribution < 1.29 is 9.21 Å². The van der Waals surface area contributed by atoms with E-state index in [0.29, 0.717) is 13.0 Å². The van der Waals surface area contributed by atoms with E-state index in [4.69, 9.17) is 10.2 Å². The van der Waals surface area contributed by atoms with E-state index in [-0.39, 0.29) is 11.9 Å². The van der Waals surface area contributed by atoms with Gasteiger partial charge in [0.25, 0.3) is 0 Å². The van der Waals surface area contributed by atoms with Crippen molar-refractivity contribution >= 4 is 5.91 Å². The maximum Gasteiger partial charge on any atom is 0.221 e. The smallest absolute Gasteiger partial charge is 0.221 e. The first kappa shape index (κ1) is 11.8. The monoisotopic (exact) mass is 210 g/mol. The van der Waals surface area contributed by atoms with Crippen LogP contribution in [0.5, 0.6) is 0 Å². The van der Waals surface area contributed by atoms with Gasteiger partial charge in [-0.05, 0) is 25.5 Å². The van der Waals surface area contributed by atoms with Gasteiger partial charge in [-0.1, -0.05) is 6.92 Å². The topological polar surface area (TPSA) is 68.3 Å². The Balaban J connectivity index is 2.28. The predicted molar refractivity (Wildman–Crippen MR) is 58.2 cm³/mol. The van der Waals surface area contributed by atoms with Gasteiger partial charge in [-0.3, -0.25) is 4.79 Å². The van der Waals surface area contributed by atoms with Gasteiger partial charge < -0.3 is 15.5 Å². The van der Waals surface area contributed by atoms with Gasteiger partial charge in [0.2, 0.25) is 5.91 Å². The number of nitrogens with two attached hydrogens (primary N) is 1. The number of carbonyl (C=O) groups excluding carboxylic acids is 1. The number of nitrogens with one attached hydrogen (secondary N) is 1. The van der Waals surface area contributed by atoms with Gasteiger partial charge in [0, 0.05) is 12.5 Å². The second-order valence-electron chi connectivity index (χ2n) is 3.66. The number of carbonyl (C=O) groups is 1. The molecule has 3 N–H and O–H groups in total. The van der Waals surface area contributed by atoms with E-state index in [9.17, 15) is 4.79 Å². The van der Waals surface area contributed by atoms with Gasteiger partial charge >= 0.3 is 0 Å². The summed E-state index contributed by atoms with van der Waals surface area (Å²) in [5.41, 5.74) is 5.66. The maximum atomic E-state index is 11.4. The third-order valence-corrected chi connectivity index (χ3v) is 2.23. The number of amides is 1. The molecule has 1 heterocycles. The molecule has 1 aromatic rings. The molecule has 15 heavy (non-hydrogen) atoms. The number of hydrogen-bond donors (Lipinski definition) is 2. The largest absolute Gasteiger partial charge is 0.465 e. The van der Waals surface area contributed by atoms with Crippen molar-refractivity contribution in [3.05, 3.63) is 23.7 Å². The third kappa shape index (κ3) is 4.16. The average molecular weight is 210 g/mol. The molecule has 0 bridgehead atoms. The van der Waals surface area contributed by atoms with Gasteiger partial charge in [-0.25, -0.2) is 0 Å². The molecule has 4 heteroatoms. The third-order valence-electron chi connectivity index (χ3n) is 2.23. The van der Waals surface area contributed by atoms with Crippen molar-refractivity contribution in [3.8, 4) is 0 Å². The lowest BCUT2D eigenvalue weighted by Gasteiger charge is -2.08. The molecule has 0 saturated carbocycles. The van der Waals surface area contributed by atoms with Gasteiger partial charge in [0.15, 0.2) is 0 Å². The quantitative estimate of drug-likeness (QED) is 0.770. The first-order valence-corrected chi connectivity index (χ1v) is 5.19.